The first-order valence-electron chi connectivity index (χ1n) is 6.50. The first-order chi connectivity index (χ1) is 8.69. The molecule has 1 saturated heterocycles. The molecule has 0 bridgehead atoms. The Kier molecular flexibility index (Phi) is 7.35. The fraction of sp³-hybridized carbons (Fsp3) is 0.846. The Hall–Kier alpha value is -0.550. The maximum absolute atomic E-state index is 10.9. The number of unbranched alkanes of at least 4 members (excludes halogenated alkanes) is 3. The summed E-state index contributed by atoms with van der Waals surface area (Å²) in [5.41, 5.74) is 0. The zero-order valence-electron chi connectivity index (χ0n) is 10.8. The SMILES string of the molecule is COC(=O)CCCCCCC1SCC(O)C1C=O. The standard InChI is InChI=1S/C13H22O4S/c1-17-13(16)7-5-3-2-4-6-12-10(8-14)11(15)9-18-12/h8,10-12,15H,2-7,9H2,1H3. The number of thioether (sulfide) groups is 1. The molecule has 3 unspecified atom stereocenters. The Balaban J connectivity index is 2.04. The maximum Gasteiger partial charge on any atom is 0.305 e. The molecule has 4 nitrogen and oxygen atoms in total. The highest BCUT2D eigenvalue weighted by molar-refractivity contribution is 8.00. The smallest absolute Gasteiger partial charge is 0.305 e. The van der Waals surface area contributed by atoms with Gasteiger partial charge in [0.25, 0.3) is 0 Å². The molecule has 1 fully saturated rings. The minimum Gasteiger partial charge on any atom is -0.469 e. The number of aliphatic hydroxyl groups is 1. The molecule has 0 aromatic heterocycles. The highest BCUT2D eigenvalue weighted by atomic mass is 32.2. The summed E-state index contributed by atoms with van der Waals surface area (Å²) in [5, 5.41) is 9.86. The van der Waals surface area contributed by atoms with E-state index in [1.54, 1.807) is 11.8 Å². The zero-order valence-corrected chi connectivity index (χ0v) is 11.7. The van der Waals surface area contributed by atoms with Crippen LogP contribution >= 0.6 is 11.8 Å². The molecule has 1 aliphatic heterocycles. The lowest BCUT2D eigenvalue weighted by atomic mass is 9.97. The van der Waals surface area contributed by atoms with E-state index < -0.39 is 6.10 Å². The van der Waals surface area contributed by atoms with Crippen LogP contribution in [0.25, 0.3) is 0 Å². The van der Waals surface area contributed by atoms with E-state index >= 15 is 0 Å². The number of hydrogen-bond acceptors (Lipinski definition) is 5. The van der Waals surface area contributed by atoms with Gasteiger partial charge >= 0.3 is 5.97 Å². The number of esters is 1. The predicted molar refractivity (Wildman–Crippen MR) is 71.5 cm³/mol. The van der Waals surface area contributed by atoms with Crippen molar-refractivity contribution in [3.05, 3.63) is 0 Å². The van der Waals surface area contributed by atoms with Crippen LogP contribution < -0.4 is 0 Å². The summed E-state index contributed by atoms with van der Waals surface area (Å²) in [6.45, 7) is 0. The molecular weight excluding hydrogens is 252 g/mol. The van der Waals surface area contributed by atoms with E-state index in [1.807, 2.05) is 0 Å². The van der Waals surface area contributed by atoms with Crippen LogP contribution in [0.4, 0.5) is 0 Å². The lowest BCUT2D eigenvalue weighted by Crippen LogP contribution is -2.24. The first kappa shape index (κ1) is 15.5. The highest BCUT2D eigenvalue weighted by Gasteiger charge is 2.34. The van der Waals surface area contributed by atoms with E-state index in [-0.39, 0.29) is 17.1 Å². The monoisotopic (exact) mass is 274 g/mol. The van der Waals surface area contributed by atoms with Gasteiger partial charge in [0.15, 0.2) is 0 Å². The number of carbonyl (C=O) groups is 2. The van der Waals surface area contributed by atoms with Crippen LogP contribution in [0.1, 0.15) is 38.5 Å². The summed E-state index contributed by atoms with van der Waals surface area (Å²) in [6.07, 6.45) is 5.90. The molecular formula is C13H22O4S. The molecule has 0 saturated carbocycles. The average molecular weight is 274 g/mol. The Morgan fingerprint density at radius 3 is 2.78 bits per heavy atom. The van der Waals surface area contributed by atoms with Crippen molar-refractivity contribution in [3.63, 3.8) is 0 Å². The van der Waals surface area contributed by atoms with Crippen LogP contribution in [0.3, 0.4) is 0 Å². The lowest BCUT2D eigenvalue weighted by Gasteiger charge is -2.14. The summed E-state index contributed by atoms with van der Waals surface area (Å²) in [6, 6.07) is 0. The van der Waals surface area contributed by atoms with Gasteiger partial charge in [-0.25, -0.2) is 0 Å². The summed E-state index contributed by atoms with van der Waals surface area (Å²) < 4.78 is 4.57. The molecule has 18 heavy (non-hydrogen) atoms. The number of methoxy groups -OCH3 is 1. The van der Waals surface area contributed by atoms with Crippen molar-refractivity contribution in [1.82, 2.24) is 0 Å². The van der Waals surface area contributed by atoms with Gasteiger partial charge in [0.1, 0.15) is 6.29 Å². The van der Waals surface area contributed by atoms with Gasteiger partial charge < -0.3 is 14.6 Å². The van der Waals surface area contributed by atoms with E-state index in [2.05, 4.69) is 4.74 Å². The third-order valence-corrected chi connectivity index (χ3v) is 4.87. The molecule has 1 heterocycles. The van der Waals surface area contributed by atoms with Gasteiger partial charge in [-0.1, -0.05) is 19.3 Å². The number of ether oxygens (including phenoxy) is 1. The second-order valence-corrected chi connectivity index (χ2v) is 5.95. The van der Waals surface area contributed by atoms with E-state index in [1.165, 1.54) is 7.11 Å². The first-order valence-corrected chi connectivity index (χ1v) is 7.55. The normalized spacial score (nSPS) is 27.1. The molecule has 0 aromatic rings. The molecule has 104 valence electrons. The fourth-order valence-corrected chi connectivity index (χ4v) is 3.68. The van der Waals surface area contributed by atoms with Gasteiger partial charge in [-0.2, -0.15) is 11.8 Å². The lowest BCUT2D eigenvalue weighted by molar-refractivity contribution is -0.140. The summed E-state index contributed by atoms with van der Waals surface area (Å²) in [4.78, 5) is 21.7. The fourth-order valence-electron chi connectivity index (χ4n) is 2.22. The molecule has 0 aliphatic carbocycles. The van der Waals surface area contributed by atoms with Crippen LogP contribution in [0, 0.1) is 5.92 Å². The topological polar surface area (TPSA) is 63.6 Å². The predicted octanol–water partition coefficient (Wildman–Crippen LogP) is 1.79. The molecule has 5 heteroatoms. The van der Waals surface area contributed by atoms with Gasteiger partial charge in [0.05, 0.1) is 19.1 Å². The third kappa shape index (κ3) is 4.98. The Bertz CT molecular complexity index is 270. The summed E-state index contributed by atoms with van der Waals surface area (Å²) in [5.74, 6) is 0.340. The molecule has 1 rings (SSSR count). The second kappa shape index (κ2) is 8.53. The molecule has 0 amide bonds. The Morgan fingerprint density at radius 2 is 2.11 bits per heavy atom. The summed E-state index contributed by atoms with van der Waals surface area (Å²) in [7, 11) is 1.41. The van der Waals surface area contributed by atoms with Gasteiger partial charge in [-0.05, 0) is 12.8 Å². The van der Waals surface area contributed by atoms with Gasteiger partial charge in [0, 0.05) is 17.4 Å². The van der Waals surface area contributed by atoms with Crippen molar-refractivity contribution < 1.29 is 19.4 Å². The Labute approximate surface area is 112 Å². The third-order valence-electron chi connectivity index (χ3n) is 3.36. The van der Waals surface area contributed by atoms with Crippen molar-refractivity contribution in [2.45, 2.75) is 49.9 Å². The van der Waals surface area contributed by atoms with E-state index in [0.717, 1.165) is 38.4 Å². The van der Waals surface area contributed by atoms with E-state index in [9.17, 15) is 14.7 Å². The van der Waals surface area contributed by atoms with Crippen molar-refractivity contribution in [2.24, 2.45) is 5.92 Å². The molecule has 0 radical (unpaired) electrons. The highest BCUT2D eigenvalue weighted by Crippen LogP contribution is 2.34. The maximum atomic E-state index is 10.9. The number of hydrogen-bond donors (Lipinski definition) is 1. The minimum atomic E-state index is -0.461. The van der Waals surface area contributed by atoms with Crippen molar-refractivity contribution in [3.8, 4) is 0 Å². The zero-order chi connectivity index (χ0) is 13.4. The van der Waals surface area contributed by atoms with Crippen LogP contribution in [0.15, 0.2) is 0 Å². The quantitative estimate of drug-likeness (QED) is 0.415. The van der Waals surface area contributed by atoms with Crippen molar-refractivity contribution >= 4 is 24.0 Å². The average Bonchev–Trinajstić information content (AvgIpc) is 2.73. The number of aliphatic hydroxyl groups excluding tert-OH is 1. The molecule has 1 N–H and O–H groups in total. The summed E-state index contributed by atoms with van der Waals surface area (Å²) >= 11 is 1.70. The van der Waals surface area contributed by atoms with Crippen LogP contribution in [0.5, 0.6) is 0 Å². The number of carbonyl (C=O) groups excluding carboxylic acids is 2. The van der Waals surface area contributed by atoms with Crippen molar-refractivity contribution in [2.75, 3.05) is 12.9 Å². The molecule has 0 spiro atoms. The van der Waals surface area contributed by atoms with Crippen LogP contribution in [-0.2, 0) is 14.3 Å². The van der Waals surface area contributed by atoms with Crippen molar-refractivity contribution in [1.29, 1.82) is 0 Å². The number of rotatable bonds is 8. The second-order valence-electron chi connectivity index (χ2n) is 4.68. The van der Waals surface area contributed by atoms with E-state index in [0.29, 0.717) is 12.2 Å². The molecule has 1 aliphatic rings. The Morgan fingerprint density at radius 1 is 1.39 bits per heavy atom. The van der Waals surface area contributed by atoms with Gasteiger partial charge in [0.2, 0.25) is 0 Å². The van der Waals surface area contributed by atoms with E-state index in [4.69, 9.17) is 0 Å². The van der Waals surface area contributed by atoms with Crippen LogP contribution in [-0.4, -0.2) is 41.6 Å². The van der Waals surface area contributed by atoms with Crippen LogP contribution in [0.2, 0.25) is 0 Å². The number of aldehydes is 1. The molecule has 3 atom stereocenters. The molecule has 0 aromatic carbocycles. The minimum absolute atomic E-state index is 0.148. The largest absolute Gasteiger partial charge is 0.469 e. The van der Waals surface area contributed by atoms with Gasteiger partial charge in [-0.3, -0.25) is 4.79 Å². The van der Waals surface area contributed by atoms with Gasteiger partial charge in [-0.15, -0.1) is 0 Å².